The predicted octanol–water partition coefficient (Wildman–Crippen LogP) is 1.85. The Morgan fingerprint density at radius 1 is 1.53 bits per heavy atom. The average Bonchev–Trinajstić information content (AvgIpc) is 2.37. The number of carbonyl (C=O) groups excluding carboxylic acids is 1. The Bertz CT molecular complexity index is 397. The van der Waals surface area contributed by atoms with E-state index in [4.69, 9.17) is 0 Å². The number of unbranched alkanes of at least 4 members (excludes halogenated alkanes) is 1. The number of hydrogen-bond donors (Lipinski definition) is 0. The molecule has 0 saturated carbocycles. The Hall–Kier alpha value is 0.120. The highest BCUT2D eigenvalue weighted by molar-refractivity contribution is 8.01. The number of amides is 1. The standard InChI is InChI=1S/C12H23NO3S3/c1-4-5-7-18-10(2)12(14)13-6-8-17-9-11(13)19(3,15)16/h10-11H,4-9H2,1-3H3/t10-,11+/m1/s1. The van der Waals surface area contributed by atoms with Gasteiger partial charge >= 0.3 is 0 Å². The van der Waals surface area contributed by atoms with Gasteiger partial charge in [-0.15, -0.1) is 11.8 Å². The molecule has 0 radical (unpaired) electrons. The van der Waals surface area contributed by atoms with Crippen LogP contribution in [-0.4, -0.2) is 59.9 Å². The fourth-order valence-electron chi connectivity index (χ4n) is 1.90. The van der Waals surface area contributed by atoms with Crippen molar-refractivity contribution in [2.75, 3.05) is 30.1 Å². The van der Waals surface area contributed by atoms with E-state index in [0.29, 0.717) is 12.3 Å². The molecule has 0 aromatic carbocycles. The summed E-state index contributed by atoms with van der Waals surface area (Å²) in [5.74, 6) is 2.24. The van der Waals surface area contributed by atoms with Gasteiger partial charge in [-0.3, -0.25) is 4.79 Å². The fourth-order valence-corrected chi connectivity index (χ4v) is 5.81. The molecule has 1 aliphatic rings. The zero-order chi connectivity index (χ0) is 14.5. The molecule has 1 amide bonds. The van der Waals surface area contributed by atoms with Crippen LogP contribution < -0.4 is 0 Å². The smallest absolute Gasteiger partial charge is 0.236 e. The van der Waals surface area contributed by atoms with Gasteiger partial charge < -0.3 is 4.90 Å². The minimum Gasteiger partial charge on any atom is -0.323 e. The van der Waals surface area contributed by atoms with Crippen molar-refractivity contribution in [3.05, 3.63) is 0 Å². The summed E-state index contributed by atoms with van der Waals surface area (Å²) in [6.45, 7) is 4.54. The number of rotatable bonds is 6. The molecular formula is C12H23NO3S3. The van der Waals surface area contributed by atoms with Crippen LogP contribution in [-0.2, 0) is 14.6 Å². The van der Waals surface area contributed by atoms with Crippen LogP contribution in [0.4, 0.5) is 0 Å². The monoisotopic (exact) mass is 325 g/mol. The van der Waals surface area contributed by atoms with Crippen LogP contribution in [0.2, 0.25) is 0 Å². The van der Waals surface area contributed by atoms with E-state index in [9.17, 15) is 13.2 Å². The van der Waals surface area contributed by atoms with Crippen molar-refractivity contribution in [1.82, 2.24) is 4.90 Å². The van der Waals surface area contributed by atoms with E-state index in [2.05, 4.69) is 6.92 Å². The lowest BCUT2D eigenvalue weighted by Gasteiger charge is -2.35. The van der Waals surface area contributed by atoms with Gasteiger partial charge in [0.1, 0.15) is 5.37 Å². The van der Waals surface area contributed by atoms with E-state index >= 15 is 0 Å². The van der Waals surface area contributed by atoms with E-state index in [1.807, 2.05) is 6.92 Å². The molecular weight excluding hydrogens is 302 g/mol. The molecule has 1 aliphatic heterocycles. The zero-order valence-corrected chi connectivity index (χ0v) is 14.2. The van der Waals surface area contributed by atoms with E-state index in [1.165, 1.54) is 6.26 Å². The molecule has 0 spiro atoms. The number of hydrogen-bond acceptors (Lipinski definition) is 5. The molecule has 0 aliphatic carbocycles. The van der Waals surface area contributed by atoms with Crippen molar-refractivity contribution in [2.24, 2.45) is 0 Å². The Morgan fingerprint density at radius 2 is 2.21 bits per heavy atom. The van der Waals surface area contributed by atoms with Crippen molar-refractivity contribution < 1.29 is 13.2 Å². The first-order chi connectivity index (χ1) is 8.88. The molecule has 1 saturated heterocycles. The minimum absolute atomic E-state index is 0.0307. The number of nitrogens with zero attached hydrogens (tertiary/aromatic N) is 1. The molecule has 1 fully saturated rings. The van der Waals surface area contributed by atoms with Crippen molar-refractivity contribution >= 4 is 39.3 Å². The van der Waals surface area contributed by atoms with Crippen LogP contribution in [0.3, 0.4) is 0 Å². The Labute approximate surface area is 125 Å². The summed E-state index contributed by atoms with van der Waals surface area (Å²) in [7, 11) is -3.20. The van der Waals surface area contributed by atoms with Gasteiger partial charge in [0, 0.05) is 24.3 Å². The lowest BCUT2D eigenvalue weighted by molar-refractivity contribution is -0.130. The molecule has 1 rings (SSSR count). The van der Waals surface area contributed by atoms with Crippen LogP contribution in [0.5, 0.6) is 0 Å². The molecule has 0 bridgehead atoms. The maximum Gasteiger partial charge on any atom is 0.236 e. The van der Waals surface area contributed by atoms with E-state index in [-0.39, 0.29) is 11.2 Å². The average molecular weight is 326 g/mol. The van der Waals surface area contributed by atoms with Crippen molar-refractivity contribution in [2.45, 2.75) is 37.3 Å². The van der Waals surface area contributed by atoms with E-state index < -0.39 is 15.2 Å². The third-order valence-electron chi connectivity index (χ3n) is 3.08. The fraction of sp³-hybridized carbons (Fsp3) is 0.917. The lowest BCUT2D eigenvalue weighted by Crippen LogP contribution is -2.52. The minimum atomic E-state index is -3.20. The molecule has 0 unspecified atom stereocenters. The lowest BCUT2D eigenvalue weighted by atomic mass is 10.3. The Kier molecular flexibility index (Phi) is 7.04. The van der Waals surface area contributed by atoms with Crippen molar-refractivity contribution in [1.29, 1.82) is 0 Å². The summed E-state index contributed by atoms with van der Waals surface area (Å²) in [5, 5.41) is -0.799. The van der Waals surface area contributed by atoms with Gasteiger partial charge in [-0.2, -0.15) is 11.8 Å². The predicted molar refractivity (Wildman–Crippen MR) is 84.5 cm³/mol. The molecule has 4 nitrogen and oxygen atoms in total. The van der Waals surface area contributed by atoms with Crippen LogP contribution in [0.25, 0.3) is 0 Å². The number of carbonyl (C=O) groups is 1. The van der Waals surface area contributed by atoms with Gasteiger partial charge in [-0.25, -0.2) is 8.42 Å². The third kappa shape index (κ3) is 5.19. The van der Waals surface area contributed by atoms with Gasteiger partial charge in [-0.1, -0.05) is 13.3 Å². The molecule has 0 N–H and O–H groups in total. The van der Waals surface area contributed by atoms with Crippen LogP contribution in [0, 0.1) is 0 Å². The van der Waals surface area contributed by atoms with E-state index in [1.54, 1.807) is 28.4 Å². The molecule has 0 aromatic rings. The van der Waals surface area contributed by atoms with E-state index in [0.717, 1.165) is 24.3 Å². The van der Waals surface area contributed by atoms with Crippen LogP contribution >= 0.6 is 23.5 Å². The molecule has 112 valence electrons. The van der Waals surface area contributed by atoms with Crippen LogP contribution in [0.15, 0.2) is 0 Å². The largest absolute Gasteiger partial charge is 0.323 e. The summed E-state index contributed by atoms with van der Waals surface area (Å²) < 4.78 is 23.5. The summed E-state index contributed by atoms with van der Waals surface area (Å²) in [6, 6.07) is 0. The molecule has 2 atom stereocenters. The summed E-state index contributed by atoms with van der Waals surface area (Å²) in [4.78, 5) is 13.9. The van der Waals surface area contributed by atoms with Crippen LogP contribution in [0.1, 0.15) is 26.7 Å². The van der Waals surface area contributed by atoms with Crippen molar-refractivity contribution in [3.63, 3.8) is 0 Å². The highest BCUT2D eigenvalue weighted by atomic mass is 32.2. The Balaban J connectivity index is 2.66. The van der Waals surface area contributed by atoms with Gasteiger partial charge in [0.25, 0.3) is 0 Å². The first-order valence-corrected chi connectivity index (χ1v) is 10.7. The first kappa shape index (κ1) is 17.2. The normalized spacial score (nSPS) is 22.3. The second-order valence-corrected chi connectivity index (χ2v) is 9.56. The summed E-state index contributed by atoms with van der Waals surface area (Å²) in [6.07, 6.45) is 3.42. The maximum absolute atomic E-state index is 12.4. The van der Waals surface area contributed by atoms with Gasteiger partial charge in [0.2, 0.25) is 5.91 Å². The highest BCUT2D eigenvalue weighted by Gasteiger charge is 2.35. The Morgan fingerprint density at radius 3 is 2.79 bits per heavy atom. The first-order valence-electron chi connectivity index (χ1n) is 6.56. The quantitative estimate of drug-likeness (QED) is 0.698. The maximum atomic E-state index is 12.4. The van der Waals surface area contributed by atoms with Gasteiger partial charge in [0.05, 0.1) is 5.25 Å². The third-order valence-corrected chi connectivity index (χ3v) is 6.94. The topological polar surface area (TPSA) is 54.5 Å². The number of thioether (sulfide) groups is 2. The second kappa shape index (κ2) is 7.78. The zero-order valence-electron chi connectivity index (χ0n) is 11.8. The summed E-state index contributed by atoms with van der Waals surface area (Å²) in [5.41, 5.74) is 0. The number of sulfone groups is 1. The van der Waals surface area contributed by atoms with Gasteiger partial charge in [0.15, 0.2) is 9.84 Å². The SMILES string of the molecule is CCCCS[C@H](C)C(=O)N1CCSC[C@@H]1S(C)(=O)=O. The van der Waals surface area contributed by atoms with Crippen molar-refractivity contribution in [3.8, 4) is 0 Å². The molecule has 7 heteroatoms. The molecule has 1 heterocycles. The second-order valence-electron chi connectivity index (χ2n) is 4.76. The summed E-state index contributed by atoms with van der Waals surface area (Å²) >= 11 is 3.23. The molecule has 0 aromatic heterocycles. The highest BCUT2D eigenvalue weighted by Crippen LogP contribution is 2.24. The van der Waals surface area contributed by atoms with Gasteiger partial charge in [-0.05, 0) is 19.1 Å². The molecule has 19 heavy (non-hydrogen) atoms.